The molecule has 0 saturated heterocycles. The highest BCUT2D eigenvalue weighted by atomic mass is 32.3. The van der Waals surface area contributed by atoms with Crippen LogP contribution in [-0.4, -0.2) is 21.6 Å². The fraction of sp³-hybridized carbons (Fsp3) is 1.00. The second kappa shape index (κ2) is 34.4. The topological polar surface area (TPSA) is 52.6 Å². The van der Waals surface area contributed by atoms with E-state index in [9.17, 15) is 8.42 Å². The summed E-state index contributed by atoms with van der Waals surface area (Å²) in [6.45, 7) is 5.06. The quantitative estimate of drug-likeness (QED) is 0.0669. The average molecular weight is 603 g/mol. The van der Waals surface area contributed by atoms with Crippen molar-refractivity contribution in [2.45, 2.75) is 219 Å². The van der Waals surface area contributed by atoms with Crippen molar-refractivity contribution >= 4 is 10.4 Å². The van der Waals surface area contributed by atoms with Crippen molar-refractivity contribution in [1.29, 1.82) is 0 Å². The van der Waals surface area contributed by atoms with Gasteiger partial charge < -0.3 is 0 Å². The van der Waals surface area contributed by atoms with Crippen LogP contribution in [-0.2, 0) is 18.8 Å². The molecule has 0 amide bonds. The minimum absolute atomic E-state index is 0.250. The lowest BCUT2D eigenvalue weighted by molar-refractivity contribution is 0.208. The van der Waals surface area contributed by atoms with E-state index in [1.807, 2.05) is 0 Å². The molecule has 0 atom stereocenters. The molecule has 0 aromatic carbocycles. The predicted octanol–water partition coefficient (Wildman–Crippen LogP) is 12.8. The van der Waals surface area contributed by atoms with Crippen molar-refractivity contribution in [3.63, 3.8) is 0 Å². The second-order valence-corrected chi connectivity index (χ2v) is 13.9. The molecule has 0 aromatic rings. The van der Waals surface area contributed by atoms with Crippen molar-refractivity contribution in [1.82, 2.24) is 0 Å². The van der Waals surface area contributed by atoms with E-state index in [0.717, 1.165) is 25.7 Å². The number of hydrogen-bond acceptors (Lipinski definition) is 4. The molecule has 0 aliphatic carbocycles. The van der Waals surface area contributed by atoms with Gasteiger partial charge in [0.15, 0.2) is 0 Å². The van der Waals surface area contributed by atoms with Gasteiger partial charge in [-0.05, 0) is 12.8 Å². The lowest BCUT2D eigenvalue weighted by atomic mass is 10.0. The van der Waals surface area contributed by atoms with Gasteiger partial charge in [0.1, 0.15) is 0 Å². The molecule has 248 valence electrons. The summed E-state index contributed by atoms with van der Waals surface area (Å²) in [5.41, 5.74) is 0. The van der Waals surface area contributed by atoms with Crippen LogP contribution in [0.4, 0.5) is 0 Å². The zero-order chi connectivity index (χ0) is 30.0. The molecule has 0 aliphatic rings. The molecule has 0 N–H and O–H groups in total. The highest BCUT2D eigenvalue weighted by Crippen LogP contribution is 2.15. The third-order valence-electron chi connectivity index (χ3n) is 8.45. The Bertz CT molecular complexity index is 534. The number of rotatable bonds is 36. The molecule has 5 heteroatoms. The first-order chi connectivity index (χ1) is 20.1. The van der Waals surface area contributed by atoms with Crippen LogP contribution < -0.4 is 0 Å². The van der Waals surface area contributed by atoms with Gasteiger partial charge >= 0.3 is 10.4 Å². The van der Waals surface area contributed by atoms with Gasteiger partial charge in [0, 0.05) is 0 Å². The van der Waals surface area contributed by atoms with E-state index in [1.54, 1.807) is 0 Å². The third-order valence-corrected chi connectivity index (χ3v) is 9.36. The summed E-state index contributed by atoms with van der Waals surface area (Å²) < 4.78 is 33.9. The van der Waals surface area contributed by atoms with Crippen molar-refractivity contribution in [2.24, 2.45) is 0 Å². The smallest absolute Gasteiger partial charge is 0.248 e. The first-order valence-corrected chi connectivity index (χ1v) is 20.0. The maximum Gasteiger partial charge on any atom is 0.399 e. The molecular weight excluding hydrogens is 528 g/mol. The molecule has 0 aliphatic heterocycles. The molecule has 0 aromatic heterocycles. The summed E-state index contributed by atoms with van der Waals surface area (Å²) in [7, 11) is -3.82. The first kappa shape index (κ1) is 40.9. The SMILES string of the molecule is CCCCCCCCCCCCCCCCCCOS(=O)(=O)OCCCCCCCCCCCCCCCCCC. The standard InChI is InChI=1S/C36H74O4S/c1-3-5-7-9-11-13-15-17-19-21-23-25-27-29-31-33-35-39-41(37,38)40-36-34-32-30-28-26-24-22-20-18-16-14-12-10-8-6-4-2/h3-36H2,1-2H3. The summed E-state index contributed by atoms with van der Waals surface area (Å²) in [5, 5.41) is 0. The van der Waals surface area contributed by atoms with E-state index in [2.05, 4.69) is 13.8 Å². The van der Waals surface area contributed by atoms with Crippen molar-refractivity contribution in [2.75, 3.05) is 13.2 Å². The summed E-state index contributed by atoms with van der Waals surface area (Å²) in [6.07, 6.45) is 41.8. The summed E-state index contributed by atoms with van der Waals surface area (Å²) >= 11 is 0. The Morgan fingerprint density at radius 1 is 0.293 bits per heavy atom. The van der Waals surface area contributed by atoms with E-state index >= 15 is 0 Å². The molecule has 41 heavy (non-hydrogen) atoms. The Morgan fingerprint density at radius 2 is 0.463 bits per heavy atom. The number of unbranched alkanes of at least 4 members (excludes halogenated alkanes) is 30. The van der Waals surface area contributed by atoms with Crippen LogP contribution >= 0.6 is 0 Å². The lowest BCUT2D eigenvalue weighted by Crippen LogP contribution is -2.12. The largest absolute Gasteiger partial charge is 0.399 e. The Kier molecular flexibility index (Phi) is 34.3. The maximum atomic E-state index is 11.9. The Balaban J connectivity index is 3.27. The van der Waals surface area contributed by atoms with Crippen LogP contribution in [0.3, 0.4) is 0 Å². The van der Waals surface area contributed by atoms with E-state index in [0.29, 0.717) is 0 Å². The zero-order valence-corrected chi connectivity index (χ0v) is 28.9. The van der Waals surface area contributed by atoms with Crippen LogP contribution in [0.5, 0.6) is 0 Å². The molecule has 4 nitrogen and oxygen atoms in total. The molecule has 0 unspecified atom stereocenters. The maximum absolute atomic E-state index is 11.9. The van der Waals surface area contributed by atoms with E-state index in [1.165, 1.54) is 180 Å². The summed E-state index contributed by atoms with van der Waals surface area (Å²) in [6, 6.07) is 0. The van der Waals surface area contributed by atoms with Gasteiger partial charge in [-0.3, -0.25) is 0 Å². The lowest BCUT2D eigenvalue weighted by Gasteiger charge is -2.07. The Hall–Kier alpha value is -0.130. The fourth-order valence-corrected chi connectivity index (χ4v) is 6.37. The average Bonchev–Trinajstić information content (AvgIpc) is 2.96. The van der Waals surface area contributed by atoms with Crippen molar-refractivity contribution < 1.29 is 16.8 Å². The van der Waals surface area contributed by atoms with Gasteiger partial charge in [-0.15, -0.1) is 0 Å². The molecule has 0 spiro atoms. The molecule has 0 radical (unpaired) electrons. The molecule has 0 fully saturated rings. The fourth-order valence-electron chi connectivity index (χ4n) is 5.66. The highest BCUT2D eigenvalue weighted by molar-refractivity contribution is 7.81. The predicted molar refractivity (Wildman–Crippen MR) is 180 cm³/mol. The molecule has 0 bridgehead atoms. The Labute approximate surface area is 259 Å². The monoisotopic (exact) mass is 603 g/mol. The van der Waals surface area contributed by atoms with Gasteiger partial charge in [0.05, 0.1) is 13.2 Å². The summed E-state index contributed by atoms with van der Waals surface area (Å²) in [4.78, 5) is 0. The summed E-state index contributed by atoms with van der Waals surface area (Å²) in [5.74, 6) is 0. The molecular formula is C36H74O4S. The van der Waals surface area contributed by atoms with Crippen LogP contribution in [0.2, 0.25) is 0 Å². The minimum atomic E-state index is -3.82. The Morgan fingerprint density at radius 3 is 0.659 bits per heavy atom. The van der Waals surface area contributed by atoms with Crippen LogP contribution in [0, 0.1) is 0 Å². The van der Waals surface area contributed by atoms with Gasteiger partial charge in [0.2, 0.25) is 0 Å². The zero-order valence-electron chi connectivity index (χ0n) is 28.1. The number of hydrogen-bond donors (Lipinski definition) is 0. The third kappa shape index (κ3) is 36.0. The second-order valence-electron chi connectivity index (χ2n) is 12.7. The van der Waals surface area contributed by atoms with Crippen LogP contribution in [0.25, 0.3) is 0 Å². The van der Waals surface area contributed by atoms with Gasteiger partial charge in [-0.2, -0.15) is 8.42 Å². The van der Waals surface area contributed by atoms with Gasteiger partial charge in [0.25, 0.3) is 0 Å². The van der Waals surface area contributed by atoms with Crippen LogP contribution in [0.15, 0.2) is 0 Å². The van der Waals surface area contributed by atoms with E-state index in [4.69, 9.17) is 8.37 Å². The van der Waals surface area contributed by atoms with Crippen molar-refractivity contribution in [3.8, 4) is 0 Å². The molecule has 0 rings (SSSR count). The molecule has 0 saturated carbocycles. The minimum Gasteiger partial charge on any atom is -0.248 e. The van der Waals surface area contributed by atoms with Crippen molar-refractivity contribution in [3.05, 3.63) is 0 Å². The molecule has 0 heterocycles. The van der Waals surface area contributed by atoms with Crippen LogP contribution in [0.1, 0.15) is 219 Å². The first-order valence-electron chi connectivity index (χ1n) is 18.7. The van der Waals surface area contributed by atoms with E-state index < -0.39 is 10.4 Å². The highest BCUT2D eigenvalue weighted by Gasteiger charge is 2.11. The normalized spacial score (nSPS) is 12.0. The van der Waals surface area contributed by atoms with Gasteiger partial charge in [-0.25, -0.2) is 8.37 Å². The van der Waals surface area contributed by atoms with Gasteiger partial charge in [-0.1, -0.05) is 206 Å². The van der Waals surface area contributed by atoms with E-state index in [-0.39, 0.29) is 13.2 Å².